The van der Waals surface area contributed by atoms with Crippen LogP contribution in [0.3, 0.4) is 0 Å². The molecule has 1 aliphatic rings. The number of hydrogen-bond donors (Lipinski definition) is 1. The molecule has 2 rings (SSSR count). The number of carbonyl (C=O) groups is 1. The number of aromatic nitrogens is 2. The molecule has 0 atom stereocenters. The van der Waals surface area contributed by atoms with Crippen molar-refractivity contribution in [2.24, 2.45) is 0 Å². The van der Waals surface area contributed by atoms with Gasteiger partial charge in [0, 0.05) is 25.5 Å². The summed E-state index contributed by atoms with van der Waals surface area (Å²) in [7, 11) is 0. The Morgan fingerprint density at radius 3 is 2.65 bits per heavy atom. The summed E-state index contributed by atoms with van der Waals surface area (Å²) in [5, 5.41) is 8.52. The van der Waals surface area contributed by atoms with Crippen LogP contribution in [0.25, 0.3) is 0 Å². The summed E-state index contributed by atoms with van der Waals surface area (Å²) in [6.45, 7) is 1.38. The standard InChI is InChI=1S/C11H15N3O3/c15-10(16)8-17-9-2-6-14(7-3-9)11-12-4-1-5-13-11/h1,4-5,9H,2-3,6-8H2,(H,15,16). The number of anilines is 1. The third-order valence-electron chi connectivity index (χ3n) is 2.72. The SMILES string of the molecule is O=C(O)COC1CCN(c2ncccn2)CC1. The Morgan fingerprint density at radius 2 is 2.06 bits per heavy atom. The Kier molecular flexibility index (Phi) is 3.87. The molecule has 1 aliphatic heterocycles. The maximum atomic E-state index is 10.4. The van der Waals surface area contributed by atoms with Crippen molar-refractivity contribution >= 4 is 11.9 Å². The number of carboxylic acid groups (broad SMARTS) is 1. The fourth-order valence-corrected chi connectivity index (χ4v) is 1.87. The molecule has 1 aromatic heterocycles. The fraction of sp³-hybridized carbons (Fsp3) is 0.545. The molecule has 1 fully saturated rings. The van der Waals surface area contributed by atoms with Gasteiger partial charge in [-0.3, -0.25) is 0 Å². The first-order valence-electron chi connectivity index (χ1n) is 5.61. The van der Waals surface area contributed by atoms with E-state index in [1.165, 1.54) is 0 Å². The molecule has 0 radical (unpaired) electrons. The molecule has 0 bridgehead atoms. The van der Waals surface area contributed by atoms with E-state index in [1.807, 2.05) is 0 Å². The molecule has 6 heteroatoms. The van der Waals surface area contributed by atoms with Gasteiger partial charge in [0.05, 0.1) is 6.10 Å². The molecule has 1 N–H and O–H groups in total. The molecule has 0 aliphatic carbocycles. The number of aliphatic carboxylic acids is 1. The maximum absolute atomic E-state index is 10.4. The van der Waals surface area contributed by atoms with Crippen molar-refractivity contribution < 1.29 is 14.6 Å². The second kappa shape index (κ2) is 5.58. The number of rotatable bonds is 4. The third-order valence-corrected chi connectivity index (χ3v) is 2.72. The summed E-state index contributed by atoms with van der Waals surface area (Å²) in [6.07, 6.45) is 5.09. The van der Waals surface area contributed by atoms with Gasteiger partial charge in [0.15, 0.2) is 0 Å². The molecule has 0 saturated carbocycles. The van der Waals surface area contributed by atoms with Gasteiger partial charge in [-0.1, -0.05) is 0 Å². The molecule has 0 unspecified atom stereocenters. The number of nitrogens with zero attached hydrogens (tertiary/aromatic N) is 3. The summed E-state index contributed by atoms with van der Waals surface area (Å²) in [5.74, 6) is -0.192. The summed E-state index contributed by atoms with van der Waals surface area (Å²) in [6, 6.07) is 1.78. The van der Waals surface area contributed by atoms with E-state index in [0.29, 0.717) is 0 Å². The highest BCUT2D eigenvalue weighted by Crippen LogP contribution is 2.17. The van der Waals surface area contributed by atoms with E-state index in [2.05, 4.69) is 14.9 Å². The molecule has 0 aromatic carbocycles. The number of piperidine rings is 1. The van der Waals surface area contributed by atoms with Crippen molar-refractivity contribution in [3.63, 3.8) is 0 Å². The van der Waals surface area contributed by atoms with Gasteiger partial charge in [-0.25, -0.2) is 14.8 Å². The van der Waals surface area contributed by atoms with Crippen molar-refractivity contribution in [1.82, 2.24) is 9.97 Å². The smallest absolute Gasteiger partial charge is 0.329 e. The van der Waals surface area contributed by atoms with Crippen LogP contribution in [0.1, 0.15) is 12.8 Å². The molecule has 92 valence electrons. The van der Waals surface area contributed by atoms with E-state index in [4.69, 9.17) is 9.84 Å². The summed E-state index contributed by atoms with van der Waals surface area (Å²) < 4.78 is 5.26. The van der Waals surface area contributed by atoms with Gasteiger partial charge in [0.25, 0.3) is 0 Å². The second-order valence-corrected chi connectivity index (χ2v) is 3.94. The maximum Gasteiger partial charge on any atom is 0.329 e. The van der Waals surface area contributed by atoms with Crippen LogP contribution in [0.2, 0.25) is 0 Å². The molecule has 17 heavy (non-hydrogen) atoms. The Morgan fingerprint density at radius 1 is 1.41 bits per heavy atom. The Hall–Kier alpha value is -1.69. The van der Waals surface area contributed by atoms with Crippen LogP contribution in [0.5, 0.6) is 0 Å². The minimum absolute atomic E-state index is 0.0334. The molecule has 0 amide bonds. The van der Waals surface area contributed by atoms with Crippen LogP contribution in [-0.4, -0.2) is 46.8 Å². The molecule has 6 nitrogen and oxygen atoms in total. The van der Waals surface area contributed by atoms with E-state index in [-0.39, 0.29) is 12.7 Å². The van der Waals surface area contributed by atoms with Crippen molar-refractivity contribution in [1.29, 1.82) is 0 Å². The van der Waals surface area contributed by atoms with Gasteiger partial charge in [-0.2, -0.15) is 0 Å². The van der Waals surface area contributed by atoms with Crippen LogP contribution in [0.15, 0.2) is 18.5 Å². The van der Waals surface area contributed by atoms with Crippen molar-refractivity contribution in [2.45, 2.75) is 18.9 Å². The highest BCUT2D eigenvalue weighted by molar-refractivity contribution is 5.68. The molecule has 0 spiro atoms. The second-order valence-electron chi connectivity index (χ2n) is 3.94. The zero-order chi connectivity index (χ0) is 12.1. The lowest BCUT2D eigenvalue weighted by Crippen LogP contribution is -2.38. The zero-order valence-corrected chi connectivity index (χ0v) is 9.45. The van der Waals surface area contributed by atoms with Gasteiger partial charge in [0.1, 0.15) is 6.61 Å². The number of ether oxygens (including phenoxy) is 1. The van der Waals surface area contributed by atoms with Crippen LogP contribution >= 0.6 is 0 Å². The lowest BCUT2D eigenvalue weighted by molar-refractivity contribution is -0.144. The quantitative estimate of drug-likeness (QED) is 0.824. The first kappa shape index (κ1) is 11.8. The van der Waals surface area contributed by atoms with Crippen molar-refractivity contribution in [2.75, 3.05) is 24.6 Å². The predicted octanol–water partition coefficient (Wildman–Crippen LogP) is 0.547. The van der Waals surface area contributed by atoms with E-state index >= 15 is 0 Å². The minimum atomic E-state index is -0.918. The van der Waals surface area contributed by atoms with E-state index in [0.717, 1.165) is 31.9 Å². The Labute approximate surface area is 99.2 Å². The molecular weight excluding hydrogens is 222 g/mol. The average Bonchev–Trinajstić information content (AvgIpc) is 2.38. The average molecular weight is 237 g/mol. The lowest BCUT2D eigenvalue weighted by atomic mass is 10.1. The molecule has 1 saturated heterocycles. The lowest BCUT2D eigenvalue weighted by Gasteiger charge is -2.31. The van der Waals surface area contributed by atoms with Gasteiger partial charge in [-0.15, -0.1) is 0 Å². The first-order valence-corrected chi connectivity index (χ1v) is 5.61. The Balaban J connectivity index is 1.80. The third kappa shape index (κ3) is 3.39. The summed E-state index contributed by atoms with van der Waals surface area (Å²) >= 11 is 0. The largest absolute Gasteiger partial charge is 0.480 e. The van der Waals surface area contributed by atoms with Gasteiger partial charge in [0.2, 0.25) is 5.95 Å². The highest BCUT2D eigenvalue weighted by Gasteiger charge is 2.21. The number of hydrogen-bond acceptors (Lipinski definition) is 5. The van der Waals surface area contributed by atoms with Gasteiger partial charge < -0.3 is 14.7 Å². The Bertz CT molecular complexity index is 363. The van der Waals surface area contributed by atoms with Gasteiger partial charge >= 0.3 is 5.97 Å². The highest BCUT2D eigenvalue weighted by atomic mass is 16.5. The van der Waals surface area contributed by atoms with Crippen molar-refractivity contribution in [3.05, 3.63) is 18.5 Å². The normalized spacial score (nSPS) is 17.1. The zero-order valence-electron chi connectivity index (χ0n) is 9.45. The molecular formula is C11H15N3O3. The van der Waals surface area contributed by atoms with Crippen LogP contribution in [0.4, 0.5) is 5.95 Å². The molecule has 1 aromatic rings. The number of carboxylic acids is 1. The fourth-order valence-electron chi connectivity index (χ4n) is 1.87. The first-order chi connectivity index (χ1) is 8.25. The molecule has 2 heterocycles. The predicted molar refractivity (Wildman–Crippen MR) is 60.9 cm³/mol. The van der Waals surface area contributed by atoms with Crippen molar-refractivity contribution in [3.8, 4) is 0 Å². The van der Waals surface area contributed by atoms with E-state index < -0.39 is 5.97 Å². The van der Waals surface area contributed by atoms with E-state index in [1.54, 1.807) is 18.5 Å². The van der Waals surface area contributed by atoms with Crippen LogP contribution in [0, 0.1) is 0 Å². The van der Waals surface area contributed by atoms with Crippen LogP contribution in [-0.2, 0) is 9.53 Å². The van der Waals surface area contributed by atoms with E-state index in [9.17, 15) is 4.79 Å². The monoisotopic (exact) mass is 237 g/mol. The minimum Gasteiger partial charge on any atom is -0.480 e. The topological polar surface area (TPSA) is 75.6 Å². The summed E-state index contributed by atoms with van der Waals surface area (Å²) in [5.41, 5.74) is 0. The van der Waals surface area contributed by atoms with Gasteiger partial charge in [-0.05, 0) is 18.9 Å². The summed E-state index contributed by atoms with van der Waals surface area (Å²) in [4.78, 5) is 20.8. The van der Waals surface area contributed by atoms with Crippen LogP contribution < -0.4 is 4.90 Å².